The van der Waals surface area contributed by atoms with Gasteiger partial charge in [-0.05, 0) is 102 Å². The maximum atomic E-state index is 11.0. The van der Waals surface area contributed by atoms with Gasteiger partial charge in [-0.1, -0.05) is 156 Å². The molecule has 2 aromatic heterocycles. The number of hydrogen-bond acceptors (Lipinski definition) is 3. The van der Waals surface area contributed by atoms with E-state index in [0.717, 1.165) is 33.6 Å². The monoisotopic (exact) mass is 922 g/mol. The number of nitrogens with zero attached hydrogens (tertiary/aromatic N) is 2. The van der Waals surface area contributed by atoms with Gasteiger partial charge >= 0.3 is 0 Å². The van der Waals surface area contributed by atoms with Crippen LogP contribution in [0.2, 0.25) is 0 Å². The summed E-state index contributed by atoms with van der Waals surface area (Å²) in [4.78, 5) is 10.1. The largest absolute Gasteiger partial charge is 0.507 e. The molecule has 0 saturated heterocycles. The molecule has 2 heterocycles. The first-order valence-electron chi connectivity index (χ1n) is 19.9. The Labute approximate surface area is 351 Å². The summed E-state index contributed by atoms with van der Waals surface area (Å²) >= 11 is 0. The molecule has 0 fully saturated rings. The van der Waals surface area contributed by atoms with Crippen LogP contribution >= 0.6 is 0 Å². The molecule has 0 aliphatic rings. The van der Waals surface area contributed by atoms with E-state index in [9.17, 15) is 5.11 Å². The van der Waals surface area contributed by atoms with E-state index in [-0.39, 0.29) is 43.1 Å². The molecule has 6 rings (SSSR count). The number of pyridine rings is 2. The van der Waals surface area contributed by atoms with E-state index < -0.39 is 0 Å². The fourth-order valence-electron chi connectivity index (χ4n) is 7.19. The normalized spacial score (nSPS) is 12.3. The molecule has 1 N–H and O–H groups in total. The summed E-state index contributed by atoms with van der Waals surface area (Å²) in [7, 11) is 0. The van der Waals surface area contributed by atoms with Gasteiger partial charge < -0.3 is 5.11 Å². The van der Waals surface area contributed by atoms with Gasteiger partial charge in [-0.3, -0.25) is 9.97 Å². The molecule has 0 saturated carbocycles. The van der Waals surface area contributed by atoms with Crippen molar-refractivity contribution in [3.8, 4) is 61.8 Å². The van der Waals surface area contributed by atoms with Crippen LogP contribution in [0, 0.1) is 6.07 Å². The molecule has 4 heteroatoms. The molecule has 0 amide bonds. The second-order valence-electron chi connectivity index (χ2n) is 18.9. The average Bonchev–Trinajstić information content (AvgIpc) is 3.13. The van der Waals surface area contributed by atoms with Crippen LogP contribution in [0.15, 0.2) is 103 Å². The Morgan fingerprint density at radius 3 is 1.54 bits per heavy atom. The quantitative estimate of drug-likeness (QED) is 0.162. The van der Waals surface area contributed by atoms with Gasteiger partial charge in [-0.25, -0.2) is 0 Å². The fraction of sp³-hybridized carbons (Fsp3) is 0.346. The first-order valence-corrected chi connectivity index (χ1v) is 19.9. The van der Waals surface area contributed by atoms with Crippen molar-refractivity contribution in [2.45, 2.75) is 118 Å². The molecule has 6 aromatic rings. The summed E-state index contributed by atoms with van der Waals surface area (Å²) < 4.78 is 0. The summed E-state index contributed by atoms with van der Waals surface area (Å²) in [5, 5.41) is 11.0. The molecule has 0 spiro atoms. The zero-order chi connectivity index (χ0) is 40.0. The molecule has 0 atom stereocenters. The predicted molar refractivity (Wildman–Crippen MR) is 234 cm³/mol. The van der Waals surface area contributed by atoms with Gasteiger partial charge in [0.2, 0.25) is 0 Å². The maximum Gasteiger partial charge on any atom is 0.124 e. The van der Waals surface area contributed by atoms with E-state index in [2.05, 4.69) is 169 Å². The molecule has 0 radical (unpaired) electrons. The van der Waals surface area contributed by atoms with Gasteiger partial charge in [-0.15, -0.1) is 24.3 Å². The second kappa shape index (κ2) is 16.3. The SMILES string of the molecule is CC(C)c1cc(C(C)(C)C)cc(C(C)C)c1-c1ccnc(-c2[c-]c(-c3cc(-c4cc(C(C)(C)C)cc(C(C)(C)C)c4)cc(-c4ccccc4O)n3)ccc2)c1.[Pt]. The molecule has 0 bridgehead atoms. The van der Waals surface area contributed by atoms with Crippen LogP contribution in [0.25, 0.3) is 56.0 Å². The van der Waals surface area contributed by atoms with Crippen molar-refractivity contribution in [2.75, 3.05) is 0 Å². The van der Waals surface area contributed by atoms with E-state index in [0.29, 0.717) is 23.1 Å². The molecule has 3 nitrogen and oxygen atoms in total. The van der Waals surface area contributed by atoms with Crippen molar-refractivity contribution >= 4 is 0 Å². The Morgan fingerprint density at radius 2 is 1.00 bits per heavy atom. The zero-order valence-corrected chi connectivity index (χ0v) is 37.9. The van der Waals surface area contributed by atoms with Crippen molar-refractivity contribution in [1.29, 1.82) is 0 Å². The van der Waals surface area contributed by atoms with Crippen LogP contribution in [0.4, 0.5) is 0 Å². The minimum Gasteiger partial charge on any atom is -0.507 e. The number of benzene rings is 4. The molecule has 294 valence electrons. The minimum atomic E-state index is -0.0312. The summed E-state index contributed by atoms with van der Waals surface area (Å²) in [6.45, 7) is 29.7. The van der Waals surface area contributed by atoms with E-state index in [1.807, 2.05) is 24.4 Å². The van der Waals surface area contributed by atoms with Crippen molar-refractivity contribution < 1.29 is 26.2 Å². The molecule has 0 unspecified atom stereocenters. The van der Waals surface area contributed by atoms with Gasteiger partial charge in [-0.2, -0.15) is 0 Å². The van der Waals surface area contributed by atoms with E-state index in [1.54, 1.807) is 6.07 Å². The standard InChI is InChI=1S/C52H59N2O.Pt/c1-32(2)43-30-41(52(11,12)13)31-44(33(3)4)49(43)36-21-22-53-45(26-36)34-17-16-18-35(23-34)46-27-38(28-47(54-46)42-19-14-15-20-48(42)55)37-24-39(50(5,6)7)29-40(25-37)51(8,9)10;/h14-22,24-33,55H,1-13H3;/q-1;. The van der Waals surface area contributed by atoms with E-state index in [4.69, 9.17) is 9.97 Å². The number of phenols is 1. The molecule has 0 aliphatic carbocycles. The van der Waals surface area contributed by atoms with Crippen molar-refractivity contribution in [3.63, 3.8) is 0 Å². The summed E-state index contributed by atoms with van der Waals surface area (Å²) in [5.41, 5.74) is 16.2. The van der Waals surface area contributed by atoms with Crippen molar-refractivity contribution in [3.05, 3.63) is 137 Å². The Morgan fingerprint density at radius 1 is 0.518 bits per heavy atom. The number of aromatic hydroxyl groups is 1. The number of para-hydroxylation sites is 1. The minimum absolute atomic E-state index is 0. The predicted octanol–water partition coefficient (Wildman–Crippen LogP) is 14.5. The van der Waals surface area contributed by atoms with Crippen LogP contribution in [-0.4, -0.2) is 15.1 Å². The molecule has 0 aliphatic heterocycles. The third-order valence-corrected chi connectivity index (χ3v) is 10.7. The third-order valence-electron chi connectivity index (χ3n) is 10.7. The van der Waals surface area contributed by atoms with Gasteiger partial charge in [0.1, 0.15) is 5.75 Å². The van der Waals surface area contributed by atoms with Crippen LogP contribution in [-0.2, 0) is 37.3 Å². The summed E-state index contributed by atoms with van der Waals surface area (Å²) in [5.74, 6) is 0.927. The summed E-state index contributed by atoms with van der Waals surface area (Å²) in [6, 6.07) is 37.8. The first kappa shape index (κ1) is 42.8. The Kier molecular flexibility index (Phi) is 12.4. The maximum absolute atomic E-state index is 11.0. The van der Waals surface area contributed by atoms with Crippen molar-refractivity contribution in [1.82, 2.24) is 9.97 Å². The number of rotatable bonds is 7. The molecular formula is C52H59N2OPt-. The molecule has 4 aromatic carbocycles. The van der Waals surface area contributed by atoms with Gasteiger partial charge in [0.15, 0.2) is 0 Å². The smallest absolute Gasteiger partial charge is 0.124 e. The van der Waals surface area contributed by atoms with Crippen molar-refractivity contribution in [2.24, 2.45) is 0 Å². The fourth-order valence-corrected chi connectivity index (χ4v) is 7.19. The number of phenolic OH excluding ortho intramolecular Hbond substituents is 1. The molecular weight excluding hydrogens is 864 g/mol. The van der Waals surface area contributed by atoms with Crippen LogP contribution in [0.1, 0.15) is 130 Å². The second-order valence-corrected chi connectivity index (χ2v) is 18.9. The van der Waals surface area contributed by atoms with Crippen LogP contribution in [0.5, 0.6) is 5.75 Å². The zero-order valence-electron chi connectivity index (χ0n) is 35.6. The Balaban J connectivity index is 0.00000600. The van der Waals surface area contributed by atoms with Crippen LogP contribution in [0.3, 0.4) is 0 Å². The van der Waals surface area contributed by atoms with E-state index in [1.165, 1.54) is 38.9 Å². The Bertz CT molecular complexity index is 2290. The van der Waals surface area contributed by atoms with Crippen LogP contribution < -0.4 is 0 Å². The van der Waals surface area contributed by atoms with E-state index >= 15 is 0 Å². The third kappa shape index (κ3) is 9.27. The van der Waals surface area contributed by atoms with Gasteiger partial charge in [0.25, 0.3) is 0 Å². The number of aromatic nitrogens is 2. The Hall–Kier alpha value is -4.33. The first-order chi connectivity index (χ1) is 25.7. The topological polar surface area (TPSA) is 46.0 Å². The van der Waals surface area contributed by atoms with Gasteiger partial charge in [0.05, 0.1) is 5.69 Å². The van der Waals surface area contributed by atoms with Gasteiger partial charge in [0, 0.05) is 44.2 Å². The molecule has 56 heavy (non-hydrogen) atoms. The average molecular weight is 923 g/mol. The summed E-state index contributed by atoms with van der Waals surface area (Å²) in [6.07, 6.45) is 1.93. The number of hydrogen-bond donors (Lipinski definition) is 1.